The van der Waals surface area contributed by atoms with E-state index < -0.39 is 14.9 Å². The molecule has 1 aromatic rings. The second-order valence-electron chi connectivity index (χ2n) is 5.80. The molecule has 134 valence electrons. The topological polar surface area (TPSA) is 105 Å². The third-order valence-corrected chi connectivity index (χ3v) is 5.49. The van der Waals surface area contributed by atoms with Gasteiger partial charge in [0.1, 0.15) is 0 Å². The van der Waals surface area contributed by atoms with Gasteiger partial charge >= 0.3 is 0 Å². The van der Waals surface area contributed by atoms with Gasteiger partial charge in [0.2, 0.25) is 10.0 Å². The fraction of sp³-hybridized carbons (Fsp3) is 0.600. The molecule has 1 saturated heterocycles. The second-order valence-corrected chi connectivity index (χ2v) is 7.57. The molecule has 0 radical (unpaired) electrons. The standard InChI is InChI=1S/C15H24N4O4S/c20-19(21)14-4-6-15(7-5-14)24(22,23)17-8-2-1-3-11-18-12-9-16-10-13-18/h4-7,16-17H,1-3,8-13H2. The molecule has 24 heavy (non-hydrogen) atoms. The third kappa shape index (κ3) is 5.82. The summed E-state index contributed by atoms with van der Waals surface area (Å²) in [7, 11) is -3.60. The van der Waals surface area contributed by atoms with Gasteiger partial charge in [0.25, 0.3) is 5.69 Å². The molecular formula is C15H24N4O4S. The summed E-state index contributed by atoms with van der Waals surface area (Å²) in [5.41, 5.74) is -0.123. The van der Waals surface area contributed by atoms with E-state index in [9.17, 15) is 18.5 Å². The van der Waals surface area contributed by atoms with Gasteiger partial charge in [0.05, 0.1) is 9.82 Å². The molecule has 1 aromatic carbocycles. The highest BCUT2D eigenvalue weighted by Gasteiger charge is 2.15. The van der Waals surface area contributed by atoms with Crippen molar-refractivity contribution in [1.82, 2.24) is 14.9 Å². The molecule has 0 saturated carbocycles. The summed E-state index contributed by atoms with van der Waals surface area (Å²) in [6.07, 6.45) is 2.80. The SMILES string of the molecule is O=[N+]([O-])c1ccc(S(=O)(=O)NCCCCCN2CCNCC2)cc1. The summed E-state index contributed by atoms with van der Waals surface area (Å²) in [5, 5.41) is 13.9. The Morgan fingerprint density at radius 1 is 1.12 bits per heavy atom. The minimum absolute atomic E-state index is 0.0499. The number of rotatable bonds is 9. The van der Waals surface area contributed by atoms with Crippen LogP contribution in [0.2, 0.25) is 0 Å². The van der Waals surface area contributed by atoms with Crippen LogP contribution in [0, 0.1) is 10.1 Å². The van der Waals surface area contributed by atoms with Crippen LogP contribution in [0.3, 0.4) is 0 Å². The predicted molar refractivity (Wildman–Crippen MR) is 91.4 cm³/mol. The highest BCUT2D eigenvalue weighted by Crippen LogP contribution is 2.15. The Kier molecular flexibility index (Phi) is 7.10. The normalized spacial score (nSPS) is 16.2. The molecule has 0 atom stereocenters. The molecule has 0 bridgehead atoms. The van der Waals surface area contributed by atoms with E-state index >= 15 is 0 Å². The summed E-state index contributed by atoms with van der Waals surface area (Å²) >= 11 is 0. The largest absolute Gasteiger partial charge is 0.314 e. The maximum Gasteiger partial charge on any atom is 0.269 e. The predicted octanol–water partition coefficient (Wildman–Crippen LogP) is 0.949. The summed E-state index contributed by atoms with van der Waals surface area (Å²) in [4.78, 5) is 12.5. The lowest BCUT2D eigenvalue weighted by atomic mass is 10.2. The van der Waals surface area contributed by atoms with Gasteiger partial charge in [0.15, 0.2) is 0 Å². The number of non-ortho nitro benzene ring substituents is 1. The number of nitrogens with one attached hydrogen (secondary N) is 2. The first-order valence-electron chi connectivity index (χ1n) is 8.16. The number of nitrogens with zero attached hydrogens (tertiary/aromatic N) is 2. The molecular weight excluding hydrogens is 332 g/mol. The second kappa shape index (κ2) is 9.07. The average molecular weight is 356 g/mol. The molecule has 8 nitrogen and oxygen atoms in total. The molecule has 2 N–H and O–H groups in total. The fourth-order valence-corrected chi connectivity index (χ4v) is 3.68. The number of piperazine rings is 1. The van der Waals surface area contributed by atoms with Gasteiger partial charge in [-0.05, 0) is 31.5 Å². The molecule has 9 heteroatoms. The Morgan fingerprint density at radius 2 is 1.79 bits per heavy atom. The molecule has 0 unspecified atom stereocenters. The van der Waals surface area contributed by atoms with Gasteiger partial charge in [-0.15, -0.1) is 0 Å². The van der Waals surface area contributed by atoms with E-state index in [0.29, 0.717) is 6.54 Å². The van der Waals surface area contributed by atoms with Crippen molar-refractivity contribution in [3.63, 3.8) is 0 Å². The number of unbranched alkanes of at least 4 members (excludes halogenated alkanes) is 2. The zero-order chi connectivity index (χ0) is 17.4. The van der Waals surface area contributed by atoms with E-state index in [0.717, 1.165) is 52.0 Å². The maximum absolute atomic E-state index is 12.1. The van der Waals surface area contributed by atoms with Crippen LogP contribution in [0.1, 0.15) is 19.3 Å². The summed E-state index contributed by atoms with van der Waals surface area (Å²) < 4.78 is 26.7. The summed E-state index contributed by atoms with van der Waals surface area (Å²) in [6, 6.07) is 4.90. The van der Waals surface area contributed by atoms with Crippen LogP contribution in [0.25, 0.3) is 0 Å². The fourth-order valence-electron chi connectivity index (χ4n) is 2.61. The van der Waals surface area contributed by atoms with Crippen LogP contribution in [0.15, 0.2) is 29.2 Å². The maximum atomic E-state index is 12.1. The monoisotopic (exact) mass is 356 g/mol. The van der Waals surface area contributed by atoms with Crippen molar-refractivity contribution < 1.29 is 13.3 Å². The molecule has 2 rings (SSSR count). The van der Waals surface area contributed by atoms with E-state index in [-0.39, 0.29) is 10.6 Å². The molecule has 1 fully saturated rings. The van der Waals surface area contributed by atoms with Gasteiger partial charge < -0.3 is 10.2 Å². The van der Waals surface area contributed by atoms with Crippen LogP contribution in [0.5, 0.6) is 0 Å². The highest BCUT2D eigenvalue weighted by molar-refractivity contribution is 7.89. The molecule has 0 aromatic heterocycles. The molecule has 0 amide bonds. The summed E-state index contributed by atoms with van der Waals surface area (Å²) in [5.74, 6) is 0. The first kappa shape index (κ1) is 18.8. The van der Waals surface area contributed by atoms with Crippen LogP contribution < -0.4 is 10.0 Å². The number of hydrogen-bond donors (Lipinski definition) is 2. The van der Waals surface area contributed by atoms with Gasteiger partial charge in [-0.3, -0.25) is 10.1 Å². The third-order valence-electron chi connectivity index (χ3n) is 4.01. The number of sulfonamides is 1. The van der Waals surface area contributed by atoms with Gasteiger partial charge in [-0.2, -0.15) is 0 Å². The van der Waals surface area contributed by atoms with Crippen molar-refractivity contribution in [1.29, 1.82) is 0 Å². The quantitative estimate of drug-likeness (QED) is 0.388. The van der Waals surface area contributed by atoms with E-state index in [2.05, 4.69) is 14.9 Å². The van der Waals surface area contributed by atoms with Crippen molar-refractivity contribution in [3.8, 4) is 0 Å². The lowest BCUT2D eigenvalue weighted by Crippen LogP contribution is -2.43. The van der Waals surface area contributed by atoms with Gasteiger partial charge in [0, 0.05) is 44.9 Å². The Hall–Kier alpha value is -1.55. The molecule has 1 heterocycles. The summed E-state index contributed by atoms with van der Waals surface area (Å²) in [6.45, 7) is 5.65. The zero-order valence-corrected chi connectivity index (χ0v) is 14.4. The number of benzene rings is 1. The lowest BCUT2D eigenvalue weighted by molar-refractivity contribution is -0.384. The molecule has 1 aliphatic rings. The number of nitro benzene ring substituents is 1. The molecule has 0 aliphatic carbocycles. The van der Waals surface area contributed by atoms with Crippen LogP contribution in [-0.2, 0) is 10.0 Å². The van der Waals surface area contributed by atoms with Crippen molar-refractivity contribution in [3.05, 3.63) is 34.4 Å². The average Bonchev–Trinajstić information content (AvgIpc) is 2.59. The van der Waals surface area contributed by atoms with Crippen LogP contribution in [0.4, 0.5) is 5.69 Å². The smallest absolute Gasteiger partial charge is 0.269 e. The number of hydrogen-bond acceptors (Lipinski definition) is 6. The minimum Gasteiger partial charge on any atom is -0.314 e. The Balaban J connectivity index is 1.67. The van der Waals surface area contributed by atoms with Crippen molar-refractivity contribution in [2.45, 2.75) is 24.2 Å². The molecule has 1 aliphatic heterocycles. The van der Waals surface area contributed by atoms with Crippen molar-refractivity contribution in [2.75, 3.05) is 39.3 Å². The Bertz CT molecular complexity index is 627. The van der Waals surface area contributed by atoms with E-state index in [1.807, 2.05) is 0 Å². The van der Waals surface area contributed by atoms with E-state index in [1.165, 1.54) is 24.3 Å². The first-order chi connectivity index (χ1) is 11.5. The van der Waals surface area contributed by atoms with Crippen molar-refractivity contribution >= 4 is 15.7 Å². The van der Waals surface area contributed by atoms with E-state index in [4.69, 9.17) is 0 Å². The number of nitro groups is 1. The van der Waals surface area contributed by atoms with Crippen LogP contribution >= 0.6 is 0 Å². The Labute approximate surface area is 142 Å². The lowest BCUT2D eigenvalue weighted by Gasteiger charge is -2.27. The van der Waals surface area contributed by atoms with E-state index in [1.54, 1.807) is 0 Å². The van der Waals surface area contributed by atoms with Crippen molar-refractivity contribution in [2.24, 2.45) is 0 Å². The van der Waals surface area contributed by atoms with Gasteiger partial charge in [-0.1, -0.05) is 6.42 Å². The first-order valence-corrected chi connectivity index (χ1v) is 9.64. The zero-order valence-electron chi connectivity index (χ0n) is 13.6. The minimum atomic E-state index is -3.60. The molecule has 0 spiro atoms. The Morgan fingerprint density at radius 3 is 2.42 bits per heavy atom. The van der Waals surface area contributed by atoms with Gasteiger partial charge in [-0.25, -0.2) is 13.1 Å². The highest BCUT2D eigenvalue weighted by atomic mass is 32.2. The van der Waals surface area contributed by atoms with Crippen LogP contribution in [-0.4, -0.2) is 57.5 Å².